The highest BCUT2D eigenvalue weighted by molar-refractivity contribution is 5.92. The van der Waals surface area contributed by atoms with Crippen molar-refractivity contribution in [1.82, 2.24) is 14.7 Å². The Morgan fingerprint density at radius 1 is 1.23 bits per heavy atom. The molecule has 1 amide bonds. The topological polar surface area (TPSA) is 55.2 Å². The van der Waals surface area contributed by atoms with E-state index in [0.29, 0.717) is 11.6 Å². The van der Waals surface area contributed by atoms with Gasteiger partial charge in [-0.05, 0) is 50.7 Å². The molecular formula is C20H24FN3O2. The minimum Gasteiger partial charge on any atom is -0.337 e. The normalized spacial score (nSPS) is 20.0. The van der Waals surface area contributed by atoms with Crippen LogP contribution in [0.5, 0.6) is 0 Å². The van der Waals surface area contributed by atoms with Crippen molar-refractivity contribution in [3.63, 3.8) is 0 Å². The van der Waals surface area contributed by atoms with Crippen LogP contribution in [0.15, 0.2) is 35.1 Å². The second-order valence-corrected chi connectivity index (χ2v) is 7.19. The summed E-state index contributed by atoms with van der Waals surface area (Å²) in [7, 11) is 1.72. The molecule has 1 aliphatic rings. The minimum absolute atomic E-state index is 0.114. The molecule has 0 unspecified atom stereocenters. The first-order chi connectivity index (χ1) is 12.4. The van der Waals surface area contributed by atoms with Crippen molar-refractivity contribution < 1.29 is 9.18 Å². The summed E-state index contributed by atoms with van der Waals surface area (Å²) in [4.78, 5) is 26.9. The number of halogens is 1. The van der Waals surface area contributed by atoms with Crippen molar-refractivity contribution in [3.05, 3.63) is 57.8 Å². The first kappa shape index (κ1) is 18.3. The van der Waals surface area contributed by atoms with Crippen molar-refractivity contribution in [2.75, 3.05) is 7.05 Å². The van der Waals surface area contributed by atoms with E-state index in [2.05, 4.69) is 12.0 Å². The number of carbonyl (C=O) groups excluding carboxylic acids is 1. The average Bonchev–Trinajstić information content (AvgIpc) is 2.62. The maximum absolute atomic E-state index is 14.1. The summed E-state index contributed by atoms with van der Waals surface area (Å²) in [5.74, 6) is -0.190. The maximum atomic E-state index is 14.1. The maximum Gasteiger partial charge on any atom is 0.278 e. The summed E-state index contributed by atoms with van der Waals surface area (Å²) in [6.07, 6.45) is 4.00. The molecule has 1 aliphatic carbocycles. The molecule has 1 saturated carbocycles. The van der Waals surface area contributed by atoms with E-state index in [9.17, 15) is 14.0 Å². The summed E-state index contributed by atoms with van der Waals surface area (Å²) in [5.41, 5.74) is 0.0927. The Labute approximate surface area is 152 Å². The SMILES string of the molecule is Cc1cc(=O)c(C(=O)N(C)C2CCC(C)CC2)nn1-c1ccccc1F. The predicted octanol–water partition coefficient (Wildman–Crippen LogP) is 3.33. The molecule has 0 atom stereocenters. The molecule has 6 heteroatoms. The lowest BCUT2D eigenvalue weighted by molar-refractivity contribution is 0.0670. The quantitative estimate of drug-likeness (QED) is 0.847. The summed E-state index contributed by atoms with van der Waals surface area (Å²) in [5, 5.41) is 4.21. The zero-order valence-corrected chi connectivity index (χ0v) is 15.4. The van der Waals surface area contributed by atoms with E-state index >= 15 is 0 Å². The number of amides is 1. The Morgan fingerprint density at radius 2 is 1.88 bits per heavy atom. The molecule has 0 bridgehead atoms. The van der Waals surface area contributed by atoms with E-state index in [1.807, 2.05) is 0 Å². The molecule has 1 fully saturated rings. The van der Waals surface area contributed by atoms with Crippen LogP contribution in [0, 0.1) is 18.7 Å². The van der Waals surface area contributed by atoms with Crippen molar-refractivity contribution >= 4 is 5.91 Å². The van der Waals surface area contributed by atoms with Gasteiger partial charge < -0.3 is 4.90 Å². The van der Waals surface area contributed by atoms with E-state index in [-0.39, 0.29) is 17.4 Å². The Hall–Kier alpha value is -2.50. The number of aryl methyl sites for hydroxylation is 1. The van der Waals surface area contributed by atoms with Gasteiger partial charge in [-0.1, -0.05) is 19.1 Å². The first-order valence-electron chi connectivity index (χ1n) is 9.01. The number of hydrogen-bond acceptors (Lipinski definition) is 3. The lowest BCUT2D eigenvalue weighted by atomic mass is 9.86. The fraction of sp³-hybridized carbons (Fsp3) is 0.450. The summed E-state index contributed by atoms with van der Waals surface area (Å²) in [6, 6.07) is 7.62. The van der Waals surface area contributed by atoms with E-state index in [4.69, 9.17) is 0 Å². The van der Waals surface area contributed by atoms with Crippen LogP contribution in [0.25, 0.3) is 5.69 Å². The van der Waals surface area contributed by atoms with Gasteiger partial charge in [0.2, 0.25) is 5.43 Å². The molecule has 0 saturated heterocycles. The van der Waals surface area contributed by atoms with Gasteiger partial charge in [-0.3, -0.25) is 9.59 Å². The third kappa shape index (κ3) is 3.54. The van der Waals surface area contributed by atoms with Crippen LogP contribution in [-0.2, 0) is 0 Å². The van der Waals surface area contributed by atoms with Crippen molar-refractivity contribution in [3.8, 4) is 5.69 Å². The Morgan fingerprint density at radius 3 is 2.54 bits per heavy atom. The molecule has 0 spiro atoms. The smallest absolute Gasteiger partial charge is 0.278 e. The van der Waals surface area contributed by atoms with Crippen LogP contribution < -0.4 is 5.43 Å². The van der Waals surface area contributed by atoms with Gasteiger partial charge in [0.1, 0.15) is 11.5 Å². The fourth-order valence-electron chi connectivity index (χ4n) is 3.53. The van der Waals surface area contributed by atoms with E-state index < -0.39 is 17.2 Å². The zero-order valence-electron chi connectivity index (χ0n) is 15.4. The molecule has 0 N–H and O–H groups in total. The largest absolute Gasteiger partial charge is 0.337 e. The van der Waals surface area contributed by atoms with E-state index in [0.717, 1.165) is 25.7 Å². The molecule has 2 aromatic rings. The number of aromatic nitrogens is 2. The highest BCUT2D eigenvalue weighted by Crippen LogP contribution is 2.27. The molecule has 138 valence electrons. The fourth-order valence-corrected chi connectivity index (χ4v) is 3.53. The van der Waals surface area contributed by atoms with Crippen LogP contribution in [0.3, 0.4) is 0 Å². The Bertz CT molecular complexity index is 870. The van der Waals surface area contributed by atoms with Gasteiger partial charge >= 0.3 is 0 Å². The van der Waals surface area contributed by atoms with Crippen molar-refractivity contribution in [2.24, 2.45) is 5.92 Å². The Kier molecular flexibility index (Phi) is 5.20. The summed E-state index contributed by atoms with van der Waals surface area (Å²) >= 11 is 0. The molecule has 0 aliphatic heterocycles. The summed E-state index contributed by atoms with van der Waals surface area (Å²) < 4.78 is 15.5. The lowest BCUT2D eigenvalue weighted by Gasteiger charge is -2.33. The standard InChI is InChI=1S/C20H24FN3O2/c1-13-8-10-15(11-9-13)23(3)20(26)19-18(25)12-14(2)24(22-19)17-7-5-4-6-16(17)21/h4-7,12-13,15H,8-11H2,1-3H3. The van der Waals surface area contributed by atoms with Crippen molar-refractivity contribution in [1.29, 1.82) is 0 Å². The Balaban J connectivity index is 1.95. The van der Waals surface area contributed by atoms with Crippen LogP contribution in [0.2, 0.25) is 0 Å². The number of rotatable bonds is 3. The third-order valence-electron chi connectivity index (χ3n) is 5.24. The molecular weight excluding hydrogens is 333 g/mol. The zero-order chi connectivity index (χ0) is 18.8. The number of para-hydroxylation sites is 1. The molecule has 1 aromatic heterocycles. The highest BCUT2D eigenvalue weighted by Gasteiger charge is 2.28. The highest BCUT2D eigenvalue weighted by atomic mass is 19.1. The van der Waals surface area contributed by atoms with E-state index in [1.165, 1.54) is 16.8 Å². The van der Waals surface area contributed by atoms with Gasteiger partial charge in [-0.25, -0.2) is 9.07 Å². The number of carbonyl (C=O) groups is 1. The second-order valence-electron chi connectivity index (χ2n) is 7.19. The third-order valence-corrected chi connectivity index (χ3v) is 5.24. The molecule has 1 aromatic carbocycles. The average molecular weight is 357 g/mol. The lowest BCUT2D eigenvalue weighted by Crippen LogP contribution is -2.42. The number of hydrogen-bond donors (Lipinski definition) is 0. The molecule has 5 nitrogen and oxygen atoms in total. The predicted molar refractivity (Wildman–Crippen MR) is 98.0 cm³/mol. The minimum atomic E-state index is -0.459. The molecule has 3 rings (SSSR count). The van der Waals surface area contributed by atoms with Gasteiger partial charge in [0.05, 0.1) is 0 Å². The van der Waals surface area contributed by atoms with Gasteiger partial charge in [0.25, 0.3) is 5.91 Å². The van der Waals surface area contributed by atoms with Gasteiger partial charge in [-0.15, -0.1) is 0 Å². The number of benzene rings is 1. The van der Waals surface area contributed by atoms with Crippen LogP contribution >= 0.6 is 0 Å². The monoisotopic (exact) mass is 357 g/mol. The second kappa shape index (κ2) is 7.40. The van der Waals surface area contributed by atoms with Crippen LogP contribution in [-0.4, -0.2) is 33.7 Å². The molecule has 26 heavy (non-hydrogen) atoms. The number of nitrogens with zero attached hydrogens (tertiary/aromatic N) is 3. The summed E-state index contributed by atoms with van der Waals surface area (Å²) in [6.45, 7) is 3.88. The van der Waals surface area contributed by atoms with Crippen LogP contribution in [0.4, 0.5) is 4.39 Å². The molecule has 0 radical (unpaired) electrons. The van der Waals surface area contributed by atoms with Crippen molar-refractivity contribution in [2.45, 2.75) is 45.6 Å². The van der Waals surface area contributed by atoms with E-state index in [1.54, 1.807) is 37.1 Å². The van der Waals surface area contributed by atoms with Gasteiger partial charge in [0.15, 0.2) is 5.69 Å². The first-order valence-corrected chi connectivity index (χ1v) is 9.01. The molecule has 1 heterocycles. The van der Waals surface area contributed by atoms with Gasteiger partial charge in [-0.2, -0.15) is 5.10 Å². The van der Waals surface area contributed by atoms with Gasteiger partial charge in [0, 0.05) is 24.8 Å². The van der Waals surface area contributed by atoms with Crippen LogP contribution in [0.1, 0.15) is 48.8 Å².